The van der Waals surface area contributed by atoms with Crippen LogP contribution in [0.1, 0.15) is 38.2 Å². The average Bonchev–Trinajstić information content (AvgIpc) is 2.47. The number of sulfonamides is 1. The van der Waals surface area contributed by atoms with Gasteiger partial charge in [-0.25, -0.2) is 8.42 Å². The first kappa shape index (κ1) is 15.5. The number of hydrogen-bond donors (Lipinski definition) is 3. The summed E-state index contributed by atoms with van der Waals surface area (Å²) >= 11 is 0. The van der Waals surface area contributed by atoms with Crippen molar-refractivity contribution in [1.82, 2.24) is 10.3 Å². The minimum atomic E-state index is -3.62. The molecule has 0 radical (unpaired) electrons. The van der Waals surface area contributed by atoms with E-state index in [2.05, 4.69) is 17.2 Å². The molecule has 0 atom stereocenters. The van der Waals surface area contributed by atoms with Crippen LogP contribution < -0.4 is 10.3 Å². The largest absolute Gasteiger partial charge is 0.386 e. The molecule has 0 spiro atoms. The SMILES string of the molecule is Cc1ccc(S(=O)(=O)NNC2=CC3(O)CCC2(C)CC3)cc1. The highest BCUT2D eigenvalue weighted by Crippen LogP contribution is 2.50. The Bertz CT molecular complexity index is 699. The van der Waals surface area contributed by atoms with Gasteiger partial charge in [0.1, 0.15) is 0 Å². The molecule has 0 aliphatic heterocycles. The Morgan fingerprint density at radius 1 is 1.09 bits per heavy atom. The minimum Gasteiger partial charge on any atom is -0.386 e. The second-order valence-corrected chi connectivity index (χ2v) is 8.45. The highest BCUT2D eigenvalue weighted by molar-refractivity contribution is 7.89. The third-order valence-electron chi connectivity index (χ3n) is 4.93. The van der Waals surface area contributed by atoms with Gasteiger partial charge in [0.2, 0.25) is 0 Å². The van der Waals surface area contributed by atoms with Gasteiger partial charge in [0, 0.05) is 11.1 Å². The summed E-state index contributed by atoms with van der Waals surface area (Å²) in [5.41, 5.74) is 3.72. The standard InChI is InChI=1S/C16H22N2O3S/c1-12-3-5-13(6-4-12)22(20,21)18-17-14-11-16(19)9-7-15(14,2)8-10-16/h3-6,11,17-19H,7-10H2,1-2H3. The van der Waals surface area contributed by atoms with E-state index in [1.807, 2.05) is 6.92 Å². The summed E-state index contributed by atoms with van der Waals surface area (Å²) in [7, 11) is -3.62. The molecule has 3 aliphatic rings. The Kier molecular flexibility index (Phi) is 3.58. The quantitative estimate of drug-likeness (QED) is 0.741. The van der Waals surface area contributed by atoms with Crippen LogP contribution in [0, 0.1) is 12.3 Å². The summed E-state index contributed by atoms with van der Waals surface area (Å²) in [5, 5.41) is 10.4. The van der Waals surface area contributed by atoms with Crippen molar-refractivity contribution in [3.05, 3.63) is 41.6 Å². The van der Waals surface area contributed by atoms with E-state index in [1.165, 1.54) is 0 Å². The number of aliphatic hydroxyl groups is 1. The Morgan fingerprint density at radius 3 is 2.27 bits per heavy atom. The molecule has 0 amide bonds. The van der Waals surface area contributed by atoms with E-state index in [0.717, 1.165) is 36.9 Å². The minimum absolute atomic E-state index is 0.0969. The molecule has 1 aromatic carbocycles. The van der Waals surface area contributed by atoms with Crippen LogP contribution in [0.5, 0.6) is 0 Å². The summed E-state index contributed by atoms with van der Waals surface area (Å²) < 4.78 is 24.6. The lowest BCUT2D eigenvalue weighted by Crippen LogP contribution is -2.50. The summed E-state index contributed by atoms with van der Waals surface area (Å²) in [6.07, 6.45) is 4.96. The van der Waals surface area contributed by atoms with Crippen LogP contribution in [-0.2, 0) is 10.0 Å². The third kappa shape index (κ3) is 2.78. The molecule has 0 saturated heterocycles. The van der Waals surface area contributed by atoms with Gasteiger partial charge in [-0.05, 0) is 50.8 Å². The van der Waals surface area contributed by atoms with E-state index < -0.39 is 15.6 Å². The Hall–Kier alpha value is -1.37. The fourth-order valence-electron chi connectivity index (χ4n) is 3.18. The van der Waals surface area contributed by atoms with Gasteiger partial charge in [-0.1, -0.05) is 24.6 Å². The Morgan fingerprint density at radius 2 is 1.68 bits per heavy atom. The van der Waals surface area contributed by atoms with Crippen molar-refractivity contribution in [2.24, 2.45) is 5.41 Å². The zero-order valence-corrected chi connectivity index (χ0v) is 13.7. The molecule has 1 aromatic rings. The van der Waals surface area contributed by atoms with Crippen LogP contribution in [0.4, 0.5) is 0 Å². The number of aryl methyl sites for hydroxylation is 1. The maximum atomic E-state index is 12.3. The van der Waals surface area contributed by atoms with Crippen LogP contribution in [0.25, 0.3) is 0 Å². The molecule has 22 heavy (non-hydrogen) atoms. The second-order valence-electron chi connectivity index (χ2n) is 6.77. The van der Waals surface area contributed by atoms with E-state index in [0.29, 0.717) is 0 Å². The molecule has 5 nitrogen and oxygen atoms in total. The highest BCUT2D eigenvalue weighted by atomic mass is 32.2. The summed E-state index contributed by atoms with van der Waals surface area (Å²) in [6, 6.07) is 6.69. The molecule has 1 saturated carbocycles. The van der Waals surface area contributed by atoms with E-state index in [4.69, 9.17) is 0 Å². The zero-order valence-electron chi connectivity index (χ0n) is 12.9. The monoisotopic (exact) mass is 322 g/mol. The lowest BCUT2D eigenvalue weighted by molar-refractivity contribution is -0.00257. The molecular formula is C16H22N2O3S. The van der Waals surface area contributed by atoms with Crippen LogP contribution in [0.15, 0.2) is 40.9 Å². The molecule has 1 fully saturated rings. The Labute approximate surface area is 131 Å². The fraction of sp³-hybridized carbons (Fsp3) is 0.500. The number of hydrogen-bond acceptors (Lipinski definition) is 4. The van der Waals surface area contributed by atoms with Crippen molar-refractivity contribution in [2.45, 2.75) is 50.0 Å². The lowest BCUT2D eigenvalue weighted by Gasteiger charge is -2.48. The number of benzene rings is 1. The fourth-order valence-corrected chi connectivity index (χ4v) is 4.03. The van der Waals surface area contributed by atoms with Gasteiger partial charge in [0.05, 0.1) is 10.5 Å². The van der Waals surface area contributed by atoms with Crippen LogP contribution in [-0.4, -0.2) is 19.1 Å². The van der Waals surface area contributed by atoms with Crippen LogP contribution in [0.3, 0.4) is 0 Å². The maximum Gasteiger partial charge on any atom is 0.257 e. The first-order valence-corrected chi connectivity index (χ1v) is 9.01. The van der Waals surface area contributed by atoms with E-state index >= 15 is 0 Å². The van der Waals surface area contributed by atoms with Crippen molar-refractivity contribution >= 4 is 10.0 Å². The number of allylic oxidation sites excluding steroid dienone is 1. The molecule has 0 heterocycles. The van der Waals surface area contributed by atoms with Gasteiger partial charge in [0.25, 0.3) is 10.0 Å². The third-order valence-corrected chi connectivity index (χ3v) is 6.20. The van der Waals surface area contributed by atoms with Crippen molar-refractivity contribution in [1.29, 1.82) is 0 Å². The molecule has 6 heteroatoms. The number of nitrogens with one attached hydrogen (secondary N) is 2. The maximum absolute atomic E-state index is 12.3. The molecule has 4 rings (SSSR count). The molecule has 0 aromatic heterocycles. The molecular weight excluding hydrogens is 300 g/mol. The van der Waals surface area contributed by atoms with Gasteiger partial charge in [-0.2, -0.15) is 0 Å². The first-order chi connectivity index (χ1) is 10.2. The normalized spacial score (nSPS) is 31.0. The van der Waals surface area contributed by atoms with E-state index in [-0.39, 0.29) is 10.3 Å². The van der Waals surface area contributed by atoms with Gasteiger partial charge < -0.3 is 10.5 Å². The van der Waals surface area contributed by atoms with Crippen molar-refractivity contribution in [2.75, 3.05) is 0 Å². The van der Waals surface area contributed by atoms with E-state index in [9.17, 15) is 13.5 Å². The molecule has 2 bridgehead atoms. The van der Waals surface area contributed by atoms with Crippen molar-refractivity contribution < 1.29 is 13.5 Å². The van der Waals surface area contributed by atoms with Gasteiger partial charge in [-0.15, -0.1) is 4.83 Å². The van der Waals surface area contributed by atoms with Gasteiger partial charge in [-0.3, -0.25) is 0 Å². The second kappa shape index (κ2) is 5.08. The lowest BCUT2D eigenvalue weighted by atomic mass is 9.62. The molecule has 3 N–H and O–H groups in total. The van der Waals surface area contributed by atoms with Crippen molar-refractivity contribution in [3.8, 4) is 0 Å². The summed E-state index contributed by atoms with van der Waals surface area (Å²) in [4.78, 5) is 2.65. The smallest absolute Gasteiger partial charge is 0.257 e. The predicted molar refractivity (Wildman–Crippen MR) is 84.2 cm³/mol. The molecule has 120 valence electrons. The number of rotatable bonds is 4. The molecule has 3 aliphatic carbocycles. The highest BCUT2D eigenvalue weighted by Gasteiger charge is 2.46. The number of fused-ring (bicyclic) bond motifs is 2. The predicted octanol–water partition coefficient (Wildman–Crippen LogP) is 1.99. The molecule has 0 unspecified atom stereocenters. The van der Waals surface area contributed by atoms with Crippen molar-refractivity contribution in [3.63, 3.8) is 0 Å². The Balaban J connectivity index is 1.77. The zero-order chi connectivity index (χ0) is 16.0. The average molecular weight is 322 g/mol. The topological polar surface area (TPSA) is 78.4 Å². The van der Waals surface area contributed by atoms with Gasteiger partial charge in [0.15, 0.2) is 0 Å². The van der Waals surface area contributed by atoms with Gasteiger partial charge >= 0.3 is 0 Å². The summed E-state index contributed by atoms with van der Waals surface area (Å²) in [5.74, 6) is 0. The number of hydrazine groups is 1. The summed E-state index contributed by atoms with van der Waals surface area (Å²) in [6.45, 7) is 4.01. The van der Waals surface area contributed by atoms with Crippen LogP contribution >= 0.6 is 0 Å². The van der Waals surface area contributed by atoms with Crippen LogP contribution in [0.2, 0.25) is 0 Å². The first-order valence-electron chi connectivity index (χ1n) is 7.53. The van der Waals surface area contributed by atoms with E-state index in [1.54, 1.807) is 30.3 Å².